The topological polar surface area (TPSA) is 107 Å². The van der Waals surface area contributed by atoms with Crippen molar-refractivity contribution in [1.29, 1.82) is 0 Å². The molecule has 0 fully saturated rings. The molecule has 5 N–H and O–H groups in total. The zero-order valence-corrected chi connectivity index (χ0v) is 13.6. The SMILES string of the molecule is Nc1nc(N)c2c(OCC(CO)c3ccc(Cl)cc3)cccc2n1. The van der Waals surface area contributed by atoms with Crippen LogP contribution in [0.15, 0.2) is 42.5 Å². The molecule has 0 bridgehead atoms. The van der Waals surface area contributed by atoms with E-state index in [2.05, 4.69) is 9.97 Å². The van der Waals surface area contributed by atoms with Crippen LogP contribution < -0.4 is 16.2 Å². The van der Waals surface area contributed by atoms with Gasteiger partial charge in [-0.05, 0) is 29.8 Å². The van der Waals surface area contributed by atoms with E-state index in [-0.39, 0.29) is 30.9 Å². The summed E-state index contributed by atoms with van der Waals surface area (Å²) >= 11 is 5.90. The number of aliphatic hydroxyl groups excluding tert-OH is 1. The van der Waals surface area contributed by atoms with Crippen LogP contribution in [0.3, 0.4) is 0 Å². The number of nitrogen functional groups attached to an aromatic ring is 2. The lowest BCUT2D eigenvalue weighted by molar-refractivity contribution is 0.206. The summed E-state index contributed by atoms with van der Waals surface area (Å²) in [4.78, 5) is 8.13. The second-order valence-corrected chi connectivity index (χ2v) is 5.80. The van der Waals surface area contributed by atoms with Gasteiger partial charge in [0.15, 0.2) is 0 Å². The monoisotopic (exact) mass is 344 g/mol. The van der Waals surface area contributed by atoms with Crippen LogP contribution in [0.25, 0.3) is 10.9 Å². The van der Waals surface area contributed by atoms with Crippen LogP contribution in [-0.2, 0) is 0 Å². The van der Waals surface area contributed by atoms with Gasteiger partial charge in [-0.2, -0.15) is 4.98 Å². The zero-order chi connectivity index (χ0) is 17.1. The fourth-order valence-corrected chi connectivity index (χ4v) is 2.62. The lowest BCUT2D eigenvalue weighted by Crippen LogP contribution is -2.14. The first-order chi connectivity index (χ1) is 11.6. The maximum absolute atomic E-state index is 9.65. The number of rotatable bonds is 5. The van der Waals surface area contributed by atoms with Crippen LogP contribution in [0.4, 0.5) is 11.8 Å². The Hall–Kier alpha value is -2.57. The van der Waals surface area contributed by atoms with Gasteiger partial charge < -0.3 is 21.3 Å². The molecule has 0 aliphatic rings. The minimum atomic E-state index is -0.187. The molecule has 0 aliphatic carbocycles. The number of anilines is 2. The van der Waals surface area contributed by atoms with Crippen LogP contribution in [0.2, 0.25) is 5.02 Å². The van der Waals surface area contributed by atoms with Crippen molar-refractivity contribution >= 4 is 34.3 Å². The van der Waals surface area contributed by atoms with E-state index in [0.29, 0.717) is 21.7 Å². The highest BCUT2D eigenvalue weighted by atomic mass is 35.5. The third-order valence-electron chi connectivity index (χ3n) is 3.73. The Balaban J connectivity index is 1.85. The second-order valence-electron chi connectivity index (χ2n) is 5.36. The third kappa shape index (κ3) is 3.34. The van der Waals surface area contributed by atoms with E-state index in [9.17, 15) is 5.11 Å². The van der Waals surface area contributed by atoms with Crippen molar-refractivity contribution in [3.63, 3.8) is 0 Å². The Morgan fingerprint density at radius 2 is 1.83 bits per heavy atom. The van der Waals surface area contributed by atoms with Crippen molar-refractivity contribution in [2.45, 2.75) is 5.92 Å². The van der Waals surface area contributed by atoms with Gasteiger partial charge in [0.2, 0.25) is 5.95 Å². The van der Waals surface area contributed by atoms with Gasteiger partial charge in [0.25, 0.3) is 0 Å². The van der Waals surface area contributed by atoms with Crippen LogP contribution in [0.1, 0.15) is 11.5 Å². The first-order valence-electron chi connectivity index (χ1n) is 7.39. The smallest absolute Gasteiger partial charge is 0.222 e. The van der Waals surface area contributed by atoms with Crippen molar-refractivity contribution in [3.8, 4) is 5.75 Å². The quantitative estimate of drug-likeness (QED) is 0.656. The number of benzene rings is 2. The van der Waals surface area contributed by atoms with E-state index in [1.165, 1.54) is 0 Å². The summed E-state index contributed by atoms with van der Waals surface area (Å²) in [6.07, 6.45) is 0. The number of nitrogens with two attached hydrogens (primary N) is 2. The second kappa shape index (κ2) is 6.90. The minimum Gasteiger partial charge on any atom is -0.492 e. The molecule has 1 aromatic heterocycles. The molecule has 24 heavy (non-hydrogen) atoms. The minimum absolute atomic E-state index is 0.0503. The van der Waals surface area contributed by atoms with Gasteiger partial charge in [-0.15, -0.1) is 0 Å². The Bertz CT molecular complexity index is 855. The van der Waals surface area contributed by atoms with Gasteiger partial charge in [0.05, 0.1) is 24.1 Å². The molecule has 3 aromatic rings. The molecule has 2 aromatic carbocycles. The van der Waals surface area contributed by atoms with Crippen molar-refractivity contribution in [2.24, 2.45) is 0 Å². The van der Waals surface area contributed by atoms with E-state index in [1.54, 1.807) is 30.3 Å². The highest BCUT2D eigenvalue weighted by Crippen LogP contribution is 2.30. The van der Waals surface area contributed by atoms with Crippen LogP contribution >= 0.6 is 11.6 Å². The summed E-state index contributed by atoms with van der Waals surface area (Å²) in [5.74, 6) is 0.748. The van der Waals surface area contributed by atoms with E-state index >= 15 is 0 Å². The van der Waals surface area contributed by atoms with Gasteiger partial charge >= 0.3 is 0 Å². The number of ether oxygens (including phenoxy) is 1. The standard InChI is InChI=1S/C17H17ClN4O2/c18-12-6-4-10(5-7-12)11(8-23)9-24-14-3-1-2-13-15(14)16(19)22-17(20)21-13/h1-7,11,23H,8-9H2,(H4,19,20,21,22). The van der Waals surface area contributed by atoms with E-state index in [0.717, 1.165) is 5.56 Å². The van der Waals surface area contributed by atoms with Gasteiger partial charge in [-0.25, -0.2) is 4.98 Å². The molecule has 0 saturated heterocycles. The number of halogens is 1. The number of fused-ring (bicyclic) bond motifs is 1. The summed E-state index contributed by atoms with van der Waals surface area (Å²) in [5.41, 5.74) is 13.1. The van der Waals surface area contributed by atoms with E-state index < -0.39 is 0 Å². The maximum atomic E-state index is 9.65. The molecule has 1 atom stereocenters. The van der Waals surface area contributed by atoms with Gasteiger partial charge in [0.1, 0.15) is 11.6 Å². The molecular formula is C17H17ClN4O2. The van der Waals surface area contributed by atoms with Crippen molar-refractivity contribution in [2.75, 3.05) is 24.7 Å². The third-order valence-corrected chi connectivity index (χ3v) is 3.98. The lowest BCUT2D eigenvalue weighted by atomic mass is 10.0. The van der Waals surface area contributed by atoms with Crippen LogP contribution in [-0.4, -0.2) is 28.3 Å². The average Bonchev–Trinajstić information content (AvgIpc) is 2.56. The number of aliphatic hydroxyl groups is 1. The number of hydrogen-bond donors (Lipinski definition) is 3. The Morgan fingerprint density at radius 3 is 2.54 bits per heavy atom. The fraction of sp³-hybridized carbons (Fsp3) is 0.176. The summed E-state index contributed by atoms with van der Waals surface area (Å²) in [6, 6.07) is 12.7. The summed E-state index contributed by atoms with van der Waals surface area (Å²) < 4.78 is 5.88. The normalized spacial score (nSPS) is 12.2. The molecule has 0 amide bonds. The molecule has 1 heterocycles. The number of nitrogens with zero attached hydrogens (tertiary/aromatic N) is 2. The Morgan fingerprint density at radius 1 is 1.08 bits per heavy atom. The Labute approximate surface area is 144 Å². The molecule has 7 heteroatoms. The first-order valence-corrected chi connectivity index (χ1v) is 7.77. The summed E-state index contributed by atoms with van der Waals surface area (Å²) in [7, 11) is 0. The molecule has 0 spiro atoms. The molecule has 1 unspecified atom stereocenters. The first kappa shape index (κ1) is 16.3. The van der Waals surface area contributed by atoms with E-state index in [4.69, 9.17) is 27.8 Å². The molecule has 0 saturated carbocycles. The van der Waals surface area contributed by atoms with Crippen molar-refractivity contribution in [1.82, 2.24) is 9.97 Å². The molecule has 3 rings (SSSR count). The largest absolute Gasteiger partial charge is 0.492 e. The maximum Gasteiger partial charge on any atom is 0.222 e. The Kier molecular flexibility index (Phi) is 4.69. The summed E-state index contributed by atoms with van der Waals surface area (Å²) in [6.45, 7) is 0.229. The lowest BCUT2D eigenvalue weighted by Gasteiger charge is -2.17. The average molecular weight is 345 g/mol. The van der Waals surface area contributed by atoms with Crippen molar-refractivity contribution in [3.05, 3.63) is 53.1 Å². The van der Waals surface area contributed by atoms with Gasteiger partial charge in [-0.1, -0.05) is 29.8 Å². The van der Waals surface area contributed by atoms with Crippen LogP contribution in [0.5, 0.6) is 5.75 Å². The molecule has 0 radical (unpaired) electrons. The number of hydrogen-bond acceptors (Lipinski definition) is 6. The van der Waals surface area contributed by atoms with Crippen LogP contribution in [0, 0.1) is 0 Å². The molecule has 124 valence electrons. The predicted octanol–water partition coefficient (Wildman–Crippen LogP) is 2.60. The summed E-state index contributed by atoms with van der Waals surface area (Å²) in [5, 5.41) is 10.9. The molecule has 6 nitrogen and oxygen atoms in total. The predicted molar refractivity (Wildman–Crippen MR) is 95.1 cm³/mol. The molecular weight excluding hydrogens is 328 g/mol. The van der Waals surface area contributed by atoms with Gasteiger partial charge in [0, 0.05) is 10.9 Å². The van der Waals surface area contributed by atoms with Crippen molar-refractivity contribution < 1.29 is 9.84 Å². The van der Waals surface area contributed by atoms with E-state index in [1.807, 2.05) is 12.1 Å². The fourth-order valence-electron chi connectivity index (χ4n) is 2.50. The highest BCUT2D eigenvalue weighted by molar-refractivity contribution is 6.30. The van der Waals surface area contributed by atoms with Gasteiger partial charge in [-0.3, -0.25) is 0 Å². The highest BCUT2D eigenvalue weighted by Gasteiger charge is 2.14. The zero-order valence-electron chi connectivity index (χ0n) is 12.8. The number of aromatic nitrogens is 2. The molecule has 0 aliphatic heterocycles.